The van der Waals surface area contributed by atoms with Crippen molar-refractivity contribution in [2.45, 2.75) is 24.8 Å². The Bertz CT molecular complexity index is 401. The second-order valence-electron chi connectivity index (χ2n) is 3.62. The van der Waals surface area contributed by atoms with Gasteiger partial charge in [0, 0.05) is 16.9 Å². The van der Waals surface area contributed by atoms with Crippen LogP contribution in [0.5, 0.6) is 5.75 Å². The number of amides is 1. The molecule has 1 aromatic carbocycles. The summed E-state index contributed by atoms with van der Waals surface area (Å²) < 4.78 is 28.3. The molecule has 100 valence electrons. The third-order valence-electron chi connectivity index (χ3n) is 2.25. The van der Waals surface area contributed by atoms with E-state index in [0.717, 1.165) is 6.42 Å². The minimum atomic E-state index is -2.89. The average Bonchev–Trinajstić information content (AvgIpc) is 2.35. The molecule has 3 nitrogen and oxygen atoms in total. The topological polar surface area (TPSA) is 38.3 Å². The molecule has 1 N–H and O–H groups in total. The zero-order chi connectivity index (χ0) is 13.5. The number of rotatable bonds is 6. The number of alkyl halides is 3. The van der Waals surface area contributed by atoms with E-state index in [0.29, 0.717) is 12.1 Å². The minimum Gasteiger partial charge on any atom is -0.435 e. The lowest BCUT2D eigenvalue weighted by atomic mass is 10.2. The lowest BCUT2D eigenvalue weighted by molar-refractivity contribution is -0.0498. The molecule has 1 unspecified atom stereocenters. The summed E-state index contributed by atoms with van der Waals surface area (Å²) in [5.41, 5.74) is 0.295. The maximum Gasteiger partial charge on any atom is 0.387 e. The van der Waals surface area contributed by atoms with Crippen molar-refractivity contribution in [3.8, 4) is 5.75 Å². The predicted octanol–water partition coefficient (Wildman–Crippen LogP) is 3.19. The summed E-state index contributed by atoms with van der Waals surface area (Å²) in [6.07, 6.45) is 0.884. The molecule has 0 aliphatic rings. The van der Waals surface area contributed by atoms with Crippen LogP contribution < -0.4 is 10.1 Å². The fraction of sp³-hybridized carbons (Fsp3) is 0.417. The van der Waals surface area contributed by atoms with Gasteiger partial charge in [0.05, 0.1) is 0 Å². The highest BCUT2D eigenvalue weighted by Gasteiger charge is 2.10. The molecule has 0 aromatic heterocycles. The molecule has 0 fully saturated rings. The molecule has 0 radical (unpaired) electrons. The molecular weight excluding hydrogens is 308 g/mol. The average molecular weight is 322 g/mol. The van der Waals surface area contributed by atoms with Gasteiger partial charge in [-0.15, -0.1) is 0 Å². The van der Waals surface area contributed by atoms with E-state index < -0.39 is 6.61 Å². The van der Waals surface area contributed by atoms with Crippen molar-refractivity contribution in [3.05, 3.63) is 29.8 Å². The molecule has 0 heterocycles. The zero-order valence-corrected chi connectivity index (χ0v) is 11.4. The first kappa shape index (κ1) is 14.9. The first-order chi connectivity index (χ1) is 8.52. The van der Waals surface area contributed by atoms with Crippen LogP contribution in [0.25, 0.3) is 0 Å². The molecule has 6 heteroatoms. The number of carbonyl (C=O) groups excluding carboxylic acids is 1. The Labute approximate surface area is 113 Å². The van der Waals surface area contributed by atoms with Gasteiger partial charge in [0.2, 0.25) is 0 Å². The Morgan fingerprint density at radius 2 is 2.22 bits per heavy atom. The molecule has 1 rings (SSSR count). The quantitative estimate of drug-likeness (QED) is 0.817. The molecule has 18 heavy (non-hydrogen) atoms. The molecule has 0 aliphatic carbocycles. The fourth-order valence-electron chi connectivity index (χ4n) is 1.26. The number of ether oxygens (including phenoxy) is 1. The molecule has 1 aromatic rings. The second-order valence-corrected chi connectivity index (χ2v) is 4.92. The van der Waals surface area contributed by atoms with Crippen LogP contribution in [0.2, 0.25) is 0 Å². The Balaban J connectivity index is 2.62. The van der Waals surface area contributed by atoms with Crippen LogP contribution in [0.1, 0.15) is 23.7 Å². The SMILES string of the molecule is CCC(Br)CNC(=O)c1cccc(OC(F)F)c1. The largest absolute Gasteiger partial charge is 0.435 e. The number of nitrogens with one attached hydrogen (secondary N) is 1. The molecule has 0 spiro atoms. The molecular formula is C12H14BrF2NO2. The van der Waals surface area contributed by atoms with E-state index in [2.05, 4.69) is 26.0 Å². The van der Waals surface area contributed by atoms with Crippen molar-refractivity contribution in [2.75, 3.05) is 6.54 Å². The Morgan fingerprint density at radius 3 is 2.83 bits per heavy atom. The number of benzene rings is 1. The van der Waals surface area contributed by atoms with Gasteiger partial charge in [0.1, 0.15) is 5.75 Å². The van der Waals surface area contributed by atoms with Gasteiger partial charge in [-0.2, -0.15) is 8.78 Å². The monoisotopic (exact) mass is 321 g/mol. The molecule has 0 bridgehead atoms. The van der Waals surface area contributed by atoms with Gasteiger partial charge in [0.15, 0.2) is 0 Å². The summed E-state index contributed by atoms with van der Waals surface area (Å²) in [5.74, 6) is -0.337. The summed E-state index contributed by atoms with van der Waals surface area (Å²) in [7, 11) is 0. The van der Waals surface area contributed by atoms with Gasteiger partial charge in [-0.1, -0.05) is 28.9 Å². The molecule has 1 atom stereocenters. The summed E-state index contributed by atoms with van der Waals surface area (Å²) >= 11 is 3.39. The number of hydrogen-bond donors (Lipinski definition) is 1. The highest BCUT2D eigenvalue weighted by molar-refractivity contribution is 9.09. The predicted molar refractivity (Wildman–Crippen MR) is 68.4 cm³/mol. The van der Waals surface area contributed by atoms with E-state index in [-0.39, 0.29) is 16.5 Å². The van der Waals surface area contributed by atoms with Gasteiger partial charge in [-0.3, -0.25) is 4.79 Å². The van der Waals surface area contributed by atoms with Crippen molar-refractivity contribution in [1.82, 2.24) is 5.32 Å². The van der Waals surface area contributed by atoms with Gasteiger partial charge in [0.25, 0.3) is 5.91 Å². The molecule has 0 saturated heterocycles. The highest BCUT2D eigenvalue weighted by Crippen LogP contribution is 2.16. The van der Waals surface area contributed by atoms with Crippen molar-refractivity contribution in [1.29, 1.82) is 0 Å². The molecule has 0 aliphatic heterocycles. The lowest BCUT2D eigenvalue weighted by Crippen LogP contribution is -2.29. The van der Waals surface area contributed by atoms with Crippen LogP contribution in [0.3, 0.4) is 0 Å². The maximum atomic E-state index is 12.0. The van der Waals surface area contributed by atoms with Crippen LogP contribution in [-0.4, -0.2) is 23.9 Å². The summed E-state index contributed by atoms with van der Waals surface area (Å²) in [5, 5.41) is 2.70. The minimum absolute atomic E-state index is 0.0245. The van der Waals surface area contributed by atoms with E-state index in [1.54, 1.807) is 6.07 Å². The lowest BCUT2D eigenvalue weighted by Gasteiger charge is -2.10. The van der Waals surface area contributed by atoms with Crippen LogP contribution in [-0.2, 0) is 0 Å². The van der Waals surface area contributed by atoms with E-state index in [1.807, 2.05) is 6.92 Å². The van der Waals surface area contributed by atoms with Crippen LogP contribution in [0.15, 0.2) is 24.3 Å². The smallest absolute Gasteiger partial charge is 0.387 e. The molecule has 0 saturated carbocycles. The van der Waals surface area contributed by atoms with Crippen LogP contribution >= 0.6 is 15.9 Å². The summed E-state index contributed by atoms with van der Waals surface area (Å²) in [4.78, 5) is 11.9. The third kappa shape index (κ3) is 5.00. The first-order valence-corrected chi connectivity index (χ1v) is 6.41. The van der Waals surface area contributed by atoms with E-state index >= 15 is 0 Å². The van der Waals surface area contributed by atoms with E-state index in [9.17, 15) is 13.6 Å². The fourth-order valence-corrected chi connectivity index (χ4v) is 1.43. The van der Waals surface area contributed by atoms with Crippen molar-refractivity contribution >= 4 is 21.8 Å². The molecule has 1 amide bonds. The summed E-state index contributed by atoms with van der Waals surface area (Å²) in [6.45, 7) is -0.423. The standard InChI is InChI=1S/C12H14BrF2NO2/c1-2-9(13)7-16-11(17)8-4-3-5-10(6-8)18-12(14)15/h3-6,9,12H,2,7H2,1H3,(H,16,17). The Hall–Kier alpha value is -1.17. The number of hydrogen-bond acceptors (Lipinski definition) is 2. The third-order valence-corrected chi connectivity index (χ3v) is 3.22. The van der Waals surface area contributed by atoms with Crippen LogP contribution in [0, 0.1) is 0 Å². The van der Waals surface area contributed by atoms with E-state index in [4.69, 9.17) is 0 Å². The number of halogens is 3. The van der Waals surface area contributed by atoms with Crippen molar-refractivity contribution in [2.24, 2.45) is 0 Å². The Kier molecular flexibility index (Phi) is 6.04. The van der Waals surface area contributed by atoms with Gasteiger partial charge >= 0.3 is 6.61 Å². The van der Waals surface area contributed by atoms with Gasteiger partial charge < -0.3 is 10.1 Å². The normalized spacial score (nSPS) is 12.3. The Morgan fingerprint density at radius 1 is 1.50 bits per heavy atom. The van der Waals surface area contributed by atoms with Gasteiger partial charge in [-0.05, 0) is 24.6 Å². The zero-order valence-electron chi connectivity index (χ0n) is 9.83. The van der Waals surface area contributed by atoms with Crippen molar-refractivity contribution < 1.29 is 18.3 Å². The maximum absolute atomic E-state index is 12.0. The van der Waals surface area contributed by atoms with Gasteiger partial charge in [-0.25, -0.2) is 0 Å². The second kappa shape index (κ2) is 7.31. The summed E-state index contributed by atoms with van der Waals surface area (Å²) in [6, 6.07) is 5.71. The van der Waals surface area contributed by atoms with E-state index in [1.165, 1.54) is 18.2 Å². The van der Waals surface area contributed by atoms with Crippen LogP contribution in [0.4, 0.5) is 8.78 Å². The van der Waals surface area contributed by atoms with Crippen molar-refractivity contribution in [3.63, 3.8) is 0 Å². The highest BCUT2D eigenvalue weighted by atomic mass is 79.9. The number of carbonyl (C=O) groups is 1. The first-order valence-electron chi connectivity index (χ1n) is 5.50.